The lowest BCUT2D eigenvalue weighted by molar-refractivity contribution is 0.0600. The predicted octanol–water partition coefficient (Wildman–Crippen LogP) is 3.81. The Balaban J connectivity index is 1.73. The molecule has 5 heteroatoms. The molecule has 0 fully saturated rings. The van der Waals surface area contributed by atoms with Crippen LogP contribution in [0.5, 0.6) is 0 Å². The highest BCUT2D eigenvalue weighted by Crippen LogP contribution is 2.20. The van der Waals surface area contributed by atoms with Crippen molar-refractivity contribution in [3.63, 3.8) is 0 Å². The van der Waals surface area contributed by atoms with Gasteiger partial charge in [0.15, 0.2) is 0 Å². The number of hydrogen-bond acceptors (Lipinski definition) is 3. The summed E-state index contributed by atoms with van der Waals surface area (Å²) in [7, 11) is 1.35. The van der Waals surface area contributed by atoms with Crippen molar-refractivity contribution in [2.24, 2.45) is 0 Å². The molecule has 1 amide bonds. The van der Waals surface area contributed by atoms with Gasteiger partial charge in [-0.3, -0.25) is 4.79 Å². The molecule has 0 unspecified atom stereocenters. The van der Waals surface area contributed by atoms with Crippen molar-refractivity contribution in [1.29, 1.82) is 0 Å². The number of benzene rings is 2. The van der Waals surface area contributed by atoms with Crippen LogP contribution < -0.4 is 5.32 Å². The van der Waals surface area contributed by atoms with Crippen LogP contribution in [0.15, 0.2) is 60.7 Å². The third-order valence-electron chi connectivity index (χ3n) is 4.52. The van der Waals surface area contributed by atoms with Gasteiger partial charge in [0.05, 0.1) is 18.2 Å². The van der Waals surface area contributed by atoms with Crippen LogP contribution in [0.25, 0.3) is 5.69 Å². The number of nitrogens with one attached hydrogen (secondary N) is 1. The van der Waals surface area contributed by atoms with E-state index >= 15 is 0 Å². The number of ether oxygens (including phenoxy) is 1. The molecule has 0 aliphatic rings. The van der Waals surface area contributed by atoms with Gasteiger partial charge in [0.1, 0.15) is 0 Å². The molecule has 0 bridgehead atoms. The minimum absolute atomic E-state index is 0.123. The van der Waals surface area contributed by atoms with Crippen LogP contribution >= 0.6 is 0 Å². The molecule has 0 aliphatic carbocycles. The molecular formula is C22H22N2O3. The van der Waals surface area contributed by atoms with Crippen LogP contribution in [0, 0.1) is 13.8 Å². The van der Waals surface area contributed by atoms with Gasteiger partial charge in [-0.25, -0.2) is 4.79 Å². The van der Waals surface area contributed by atoms with Crippen molar-refractivity contribution in [2.75, 3.05) is 7.11 Å². The van der Waals surface area contributed by atoms with Crippen molar-refractivity contribution >= 4 is 11.9 Å². The van der Waals surface area contributed by atoms with Gasteiger partial charge < -0.3 is 14.6 Å². The fourth-order valence-corrected chi connectivity index (χ4v) is 3.12. The van der Waals surface area contributed by atoms with Gasteiger partial charge in [-0.15, -0.1) is 0 Å². The number of nitrogens with zero attached hydrogens (tertiary/aromatic N) is 1. The van der Waals surface area contributed by atoms with E-state index in [9.17, 15) is 9.59 Å². The zero-order valence-electron chi connectivity index (χ0n) is 15.7. The van der Waals surface area contributed by atoms with Crippen molar-refractivity contribution < 1.29 is 14.3 Å². The highest BCUT2D eigenvalue weighted by atomic mass is 16.5. The van der Waals surface area contributed by atoms with E-state index in [4.69, 9.17) is 0 Å². The topological polar surface area (TPSA) is 60.3 Å². The summed E-state index contributed by atoms with van der Waals surface area (Å²) in [6.07, 6.45) is 0. The molecule has 138 valence electrons. The number of esters is 1. The number of aryl methyl sites for hydroxylation is 1. The Morgan fingerprint density at radius 1 is 1.00 bits per heavy atom. The molecule has 2 aromatic carbocycles. The summed E-state index contributed by atoms with van der Waals surface area (Å²) >= 11 is 0. The smallest absolute Gasteiger partial charge is 0.337 e. The normalized spacial score (nSPS) is 10.5. The minimum atomic E-state index is -0.376. The molecule has 1 heterocycles. The van der Waals surface area contributed by atoms with Crippen LogP contribution in [-0.4, -0.2) is 23.6 Å². The lowest BCUT2D eigenvalue weighted by Crippen LogP contribution is -2.23. The van der Waals surface area contributed by atoms with Crippen molar-refractivity contribution in [1.82, 2.24) is 9.88 Å². The number of hydrogen-bond donors (Lipinski definition) is 1. The summed E-state index contributed by atoms with van der Waals surface area (Å²) in [6, 6.07) is 18.9. The van der Waals surface area contributed by atoms with Crippen molar-refractivity contribution in [3.05, 3.63) is 88.7 Å². The molecule has 0 aliphatic heterocycles. The first-order valence-electron chi connectivity index (χ1n) is 8.71. The van der Waals surface area contributed by atoms with Crippen molar-refractivity contribution in [3.8, 4) is 5.69 Å². The van der Waals surface area contributed by atoms with E-state index in [2.05, 4.69) is 14.6 Å². The maximum absolute atomic E-state index is 12.7. The highest BCUT2D eigenvalue weighted by Gasteiger charge is 2.16. The van der Waals surface area contributed by atoms with E-state index in [1.807, 2.05) is 50.2 Å². The van der Waals surface area contributed by atoms with E-state index in [-0.39, 0.29) is 11.9 Å². The van der Waals surface area contributed by atoms with Crippen LogP contribution in [-0.2, 0) is 11.3 Å². The number of rotatable bonds is 5. The van der Waals surface area contributed by atoms with Crippen molar-refractivity contribution in [2.45, 2.75) is 20.4 Å². The second-order valence-corrected chi connectivity index (χ2v) is 6.33. The second-order valence-electron chi connectivity index (χ2n) is 6.33. The molecule has 5 nitrogen and oxygen atoms in total. The van der Waals surface area contributed by atoms with Gasteiger partial charge in [0.2, 0.25) is 0 Å². The Bertz CT molecular complexity index is 957. The van der Waals surface area contributed by atoms with E-state index in [0.29, 0.717) is 17.7 Å². The molecule has 3 rings (SSSR count). The molecular weight excluding hydrogens is 340 g/mol. The van der Waals surface area contributed by atoms with Gasteiger partial charge in [-0.05, 0) is 49.7 Å². The summed E-state index contributed by atoms with van der Waals surface area (Å²) in [5.41, 5.74) is 4.99. The second kappa shape index (κ2) is 7.91. The first kappa shape index (κ1) is 18.5. The standard InChI is InChI=1S/C22H22N2O3/c1-15-13-20(16(2)24(15)19-7-5-4-6-8-19)21(25)23-14-17-9-11-18(12-10-17)22(26)27-3/h4-13H,14H2,1-3H3,(H,23,25). The zero-order chi connectivity index (χ0) is 19.4. The summed E-state index contributed by atoms with van der Waals surface area (Å²) in [5.74, 6) is -0.499. The molecule has 3 aromatic rings. The zero-order valence-corrected chi connectivity index (χ0v) is 15.7. The van der Waals surface area contributed by atoms with Crippen LogP contribution in [0.3, 0.4) is 0 Å². The third kappa shape index (κ3) is 3.92. The SMILES string of the molecule is COC(=O)c1ccc(CNC(=O)c2cc(C)n(-c3ccccc3)c2C)cc1. The molecule has 0 atom stereocenters. The number of methoxy groups -OCH3 is 1. The van der Waals surface area contributed by atoms with E-state index in [0.717, 1.165) is 22.6 Å². The average molecular weight is 362 g/mol. The average Bonchev–Trinajstić information content (AvgIpc) is 3.00. The Morgan fingerprint density at radius 2 is 1.67 bits per heavy atom. The Hall–Kier alpha value is -3.34. The van der Waals surface area contributed by atoms with Gasteiger partial charge in [-0.1, -0.05) is 30.3 Å². The first-order valence-corrected chi connectivity index (χ1v) is 8.71. The summed E-state index contributed by atoms with van der Waals surface area (Å²) < 4.78 is 6.75. The lowest BCUT2D eigenvalue weighted by Gasteiger charge is -2.10. The molecule has 0 spiro atoms. The maximum Gasteiger partial charge on any atom is 0.337 e. The Labute approximate surface area is 158 Å². The van der Waals surface area contributed by atoms with Gasteiger partial charge >= 0.3 is 5.97 Å². The van der Waals surface area contributed by atoms with Gasteiger partial charge in [0, 0.05) is 23.6 Å². The molecule has 0 radical (unpaired) electrons. The Morgan fingerprint density at radius 3 is 2.30 bits per heavy atom. The highest BCUT2D eigenvalue weighted by molar-refractivity contribution is 5.96. The summed E-state index contributed by atoms with van der Waals surface area (Å²) in [6.45, 7) is 4.32. The van der Waals surface area contributed by atoms with Crippen LogP contribution in [0.1, 0.15) is 37.7 Å². The molecule has 27 heavy (non-hydrogen) atoms. The number of aromatic nitrogens is 1. The van der Waals surface area contributed by atoms with E-state index < -0.39 is 0 Å². The van der Waals surface area contributed by atoms with Gasteiger partial charge in [-0.2, -0.15) is 0 Å². The Kier molecular flexibility index (Phi) is 5.41. The molecule has 0 saturated heterocycles. The number of carbonyl (C=O) groups is 2. The maximum atomic E-state index is 12.7. The lowest BCUT2D eigenvalue weighted by atomic mass is 10.1. The fraction of sp³-hybridized carbons (Fsp3) is 0.182. The predicted molar refractivity (Wildman–Crippen MR) is 104 cm³/mol. The molecule has 0 saturated carbocycles. The first-order chi connectivity index (χ1) is 13.0. The quantitative estimate of drug-likeness (QED) is 0.702. The monoisotopic (exact) mass is 362 g/mol. The number of para-hydroxylation sites is 1. The van der Waals surface area contributed by atoms with Crippen LogP contribution in [0.4, 0.5) is 0 Å². The third-order valence-corrected chi connectivity index (χ3v) is 4.52. The van der Waals surface area contributed by atoms with Crippen LogP contribution in [0.2, 0.25) is 0 Å². The van der Waals surface area contributed by atoms with Gasteiger partial charge in [0.25, 0.3) is 5.91 Å². The van der Waals surface area contributed by atoms with E-state index in [1.54, 1.807) is 24.3 Å². The molecule has 1 aromatic heterocycles. The minimum Gasteiger partial charge on any atom is -0.465 e. The number of carbonyl (C=O) groups excluding carboxylic acids is 2. The fourth-order valence-electron chi connectivity index (χ4n) is 3.12. The number of amides is 1. The van der Waals surface area contributed by atoms with E-state index in [1.165, 1.54) is 7.11 Å². The summed E-state index contributed by atoms with van der Waals surface area (Å²) in [4.78, 5) is 24.1. The molecule has 1 N–H and O–H groups in total. The summed E-state index contributed by atoms with van der Waals surface area (Å²) in [5, 5.41) is 2.94. The largest absolute Gasteiger partial charge is 0.465 e.